The van der Waals surface area contributed by atoms with Gasteiger partial charge >= 0.3 is 17.1 Å². The molecule has 0 aliphatic heterocycles. The van der Waals surface area contributed by atoms with E-state index >= 15 is 0 Å². The third-order valence-corrected chi connectivity index (χ3v) is 20.5. The molecule has 0 fully saturated rings. The number of hydrogen-bond acceptors (Lipinski definition) is 6. The minimum absolute atomic E-state index is 0.666. The summed E-state index contributed by atoms with van der Waals surface area (Å²) in [5.74, 6) is 0. The van der Waals surface area contributed by atoms with Gasteiger partial charge in [-0.3, -0.25) is 0 Å². The molecule has 26 heavy (non-hydrogen) atoms. The van der Waals surface area contributed by atoms with Gasteiger partial charge in [0.15, 0.2) is 16.6 Å². The molecule has 158 valence electrons. The van der Waals surface area contributed by atoms with Crippen LogP contribution >= 0.6 is 0 Å². The van der Waals surface area contributed by atoms with E-state index in [9.17, 15) is 0 Å². The van der Waals surface area contributed by atoms with E-state index in [1.54, 1.807) is 0 Å². The Bertz CT molecular complexity index is 401. The molecule has 0 aromatic carbocycles. The van der Waals surface area contributed by atoms with E-state index in [-0.39, 0.29) is 0 Å². The van der Waals surface area contributed by atoms with E-state index in [2.05, 4.69) is 45.8 Å². The normalized spacial score (nSPS) is 15.9. The maximum Gasteiger partial charge on any atom is 0.315 e. The SMILES string of the molecule is C[Si](C)(CCCN)O[Si](C)(C)O[Si](C)(CCCN)O[Si](C)(C)CCCN. The molecule has 0 rings (SSSR count). The molecule has 0 saturated heterocycles. The molecular weight excluding hydrogens is 395 g/mol. The van der Waals surface area contributed by atoms with Crippen LogP contribution in [0.1, 0.15) is 19.3 Å². The fourth-order valence-corrected chi connectivity index (χ4v) is 23.3. The molecule has 0 amide bonds. The second-order valence-electron chi connectivity index (χ2n) is 9.04. The van der Waals surface area contributed by atoms with Crippen LogP contribution in [0.5, 0.6) is 0 Å². The first-order chi connectivity index (χ1) is 11.8. The molecule has 1 atom stereocenters. The second kappa shape index (κ2) is 11.6. The summed E-state index contributed by atoms with van der Waals surface area (Å²) in [5, 5.41) is 0. The lowest BCUT2D eigenvalue weighted by atomic mass is 10.5. The van der Waals surface area contributed by atoms with E-state index in [0.29, 0.717) is 13.1 Å². The topological polar surface area (TPSA) is 106 Å². The van der Waals surface area contributed by atoms with Gasteiger partial charge in [0, 0.05) is 0 Å². The Hall–Kier alpha value is 0.628. The van der Waals surface area contributed by atoms with Crippen molar-refractivity contribution >= 4 is 33.8 Å². The average Bonchev–Trinajstić information content (AvgIpc) is 2.46. The van der Waals surface area contributed by atoms with Crippen LogP contribution in [0.2, 0.25) is 64.0 Å². The summed E-state index contributed by atoms with van der Waals surface area (Å²) in [6, 6.07) is 3.06. The zero-order chi connectivity index (χ0) is 20.5. The predicted molar refractivity (Wildman–Crippen MR) is 123 cm³/mol. The highest BCUT2D eigenvalue weighted by Crippen LogP contribution is 2.30. The molecule has 0 saturated carbocycles. The van der Waals surface area contributed by atoms with Crippen molar-refractivity contribution in [3.63, 3.8) is 0 Å². The summed E-state index contributed by atoms with van der Waals surface area (Å²) < 4.78 is 20.1. The van der Waals surface area contributed by atoms with Crippen LogP contribution in [0.15, 0.2) is 0 Å². The number of rotatable bonds is 15. The Kier molecular flexibility index (Phi) is 11.9. The maximum atomic E-state index is 6.76. The van der Waals surface area contributed by atoms with Gasteiger partial charge in [-0.05, 0) is 103 Å². The molecule has 0 aromatic rings. The lowest BCUT2D eigenvalue weighted by molar-refractivity contribution is 0.319. The van der Waals surface area contributed by atoms with Gasteiger partial charge in [0.2, 0.25) is 0 Å². The molecule has 0 spiro atoms. The van der Waals surface area contributed by atoms with Crippen LogP contribution in [-0.4, -0.2) is 53.4 Å². The van der Waals surface area contributed by atoms with Crippen molar-refractivity contribution in [2.45, 2.75) is 83.2 Å². The standard InChI is InChI=1S/C16H45N3O3Si4/c1-23(2,14-8-11-17)20-25(5,6)22-26(7,16-10-13-19)21-24(3,4)15-9-12-18/h8-19H2,1-7H3. The highest BCUT2D eigenvalue weighted by molar-refractivity contribution is 6.89. The third kappa shape index (κ3) is 12.2. The smallest absolute Gasteiger partial charge is 0.315 e. The number of hydrogen-bond donors (Lipinski definition) is 3. The van der Waals surface area contributed by atoms with Crippen LogP contribution in [0.25, 0.3) is 0 Å². The van der Waals surface area contributed by atoms with Gasteiger partial charge in [0.05, 0.1) is 0 Å². The van der Waals surface area contributed by atoms with Crippen LogP contribution in [-0.2, 0) is 12.3 Å². The van der Waals surface area contributed by atoms with Crippen molar-refractivity contribution in [2.24, 2.45) is 17.2 Å². The van der Waals surface area contributed by atoms with E-state index < -0.39 is 33.8 Å². The van der Waals surface area contributed by atoms with Crippen molar-refractivity contribution in [3.8, 4) is 0 Å². The van der Waals surface area contributed by atoms with Gasteiger partial charge in [-0.1, -0.05) is 0 Å². The molecular formula is C16H45N3O3Si4. The van der Waals surface area contributed by atoms with Crippen LogP contribution < -0.4 is 17.2 Å². The van der Waals surface area contributed by atoms with E-state index in [1.807, 2.05) is 0 Å². The minimum Gasteiger partial charge on any atom is -0.436 e. The molecule has 6 N–H and O–H groups in total. The van der Waals surface area contributed by atoms with Crippen molar-refractivity contribution < 1.29 is 12.3 Å². The summed E-state index contributed by atoms with van der Waals surface area (Å²) in [7, 11) is -8.23. The Balaban J connectivity index is 5.15. The molecule has 6 nitrogen and oxygen atoms in total. The monoisotopic (exact) mass is 439 g/mol. The summed E-state index contributed by atoms with van der Waals surface area (Å²) in [6.45, 7) is 17.7. The molecule has 0 aliphatic carbocycles. The molecule has 0 aromatic heterocycles. The first-order valence-corrected chi connectivity index (χ1v) is 21.6. The van der Waals surface area contributed by atoms with Crippen molar-refractivity contribution in [1.29, 1.82) is 0 Å². The van der Waals surface area contributed by atoms with Crippen LogP contribution in [0, 0.1) is 0 Å². The van der Waals surface area contributed by atoms with Crippen molar-refractivity contribution in [3.05, 3.63) is 0 Å². The third-order valence-electron chi connectivity index (χ3n) is 4.28. The molecule has 10 heteroatoms. The van der Waals surface area contributed by atoms with Gasteiger partial charge in [0.1, 0.15) is 0 Å². The lowest BCUT2D eigenvalue weighted by Gasteiger charge is -2.42. The summed E-state index contributed by atoms with van der Waals surface area (Å²) in [4.78, 5) is 0. The molecule has 0 radical (unpaired) electrons. The fraction of sp³-hybridized carbons (Fsp3) is 1.00. The van der Waals surface area contributed by atoms with E-state index in [4.69, 9.17) is 29.5 Å². The van der Waals surface area contributed by atoms with Gasteiger partial charge in [-0.15, -0.1) is 0 Å². The summed E-state index contributed by atoms with van der Waals surface area (Å²) >= 11 is 0. The Labute approximate surface area is 166 Å². The average molecular weight is 440 g/mol. The Morgan fingerprint density at radius 3 is 1.35 bits per heavy atom. The maximum absolute atomic E-state index is 6.76. The van der Waals surface area contributed by atoms with Gasteiger partial charge in [-0.25, -0.2) is 0 Å². The zero-order valence-electron chi connectivity index (χ0n) is 18.3. The quantitative estimate of drug-likeness (QED) is 0.338. The fourth-order valence-electron chi connectivity index (χ4n) is 3.49. The van der Waals surface area contributed by atoms with Crippen molar-refractivity contribution in [2.75, 3.05) is 19.6 Å². The second-order valence-corrected chi connectivity index (χ2v) is 25.1. The highest BCUT2D eigenvalue weighted by Gasteiger charge is 2.45. The lowest BCUT2D eigenvalue weighted by Crippen LogP contribution is -2.57. The van der Waals surface area contributed by atoms with Crippen LogP contribution in [0.3, 0.4) is 0 Å². The molecule has 0 bridgehead atoms. The largest absolute Gasteiger partial charge is 0.436 e. The van der Waals surface area contributed by atoms with Gasteiger partial charge < -0.3 is 29.5 Å². The predicted octanol–water partition coefficient (Wildman–Crippen LogP) is 3.27. The zero-order valence-corrected chi connectivity index (χ0v) is 22.3. The van der Waals surface area contributed by atoms with E-state index in [0.717, 1.165) is 43.9 Å². The van der Waals surface area contributed by atoms with E-state index in [1.165, 1.54) is 0 Å². The minimum atomic E-state index is -2.35. The molecule has 1 unspecified atom stereocenters. The Morgan fingerprint density at radius 1 is 0.538 bits per heavy atom. The number of nitrogens with two attached hydrogens (primary N) is 3. The summed E-state index contributed by atoms with van der Waals surface area (Å²) in [6.07, 6.45) is 2.96. The molecule has 0 aliphatic rings. The highest BCUT2D eigenvalue weighted by atomic mass is 28.5. The van der Waals surface area contributed by atoms with Crippen molar-refractivity contribution in [1.82, 2.24) is 0 Å². The molecule has 0 heterocycles. The van der Waals surface area contributed by atoms with Gasteiger partial charge in [-0.2, -0.15) is 0 Å². The van der Waals surface area contributed by atoms with Gasteiger partial charge in [0.25, 0.3) is 0 Å². The first kappa shape index (κ1) is 26.6. The first-order valence-electron chi connectivity index (χ1n) is 10.0. The summed E-state index contributed by atoms with van der Waals surface area (Å²) in [5.41, 5.74) is 17.2. The Morgan fingerprint density at radius 2 is 0.923 bits per heavy atom. The van der Waals surface area contributed by atoms with Crippen LogP contribution in [0.4, 0.5) is 0 Å².